The van der Waals surface area contributed by atoms with E-state index in [2.05, 4.69) is 22.6 Å². The van der Waals surface area contributed by atoms with Crippen molar-refractivity contribution in [1.82, 2.24) is 0 Å². The third-order valence-corrected chi connectivity index (χ3v) is 10.2. The van der Waals surface area contributed by atoms with Crippen molar-refractivity contribution < 1.29 is 0 Å². The highest BCUT2D eigenvalue weighted by Gasteiger charge is 2.35. The van der Waals surface area contributed by atoms with Gasteiger partial charge < -0.3 is 0 Å². The Hall–Kier alpha value is 0.730. The van der Waals surface area contributed by atoms with E-state index in [1.807, 2.05) is 0 Å². The summed E-state index contributed by atoms with van der Waals surface area (Å²) in [6.07, 6.45) is 26.6. The summed E-state index contributed by atoms with van der Waals surface area (Å²) >= 11 is 2.69. The summed E-state index contributed by atoms with van der Waals surface area (Å²) in [4.78, 5) is 0. The van der Waals surface area contributed by atoms with E-state index in [0.717, 1.165) is 39.4 Å². The molecule has 0 N–H and O–H groups in total. The van der Waals surface area contributed by atoms with Crippen molar-refractivity contribution in [1.29, 1.82) is 0 Å². The molecule has 0 aromatic carbocycles. The van der Waals surface area contributed by atoms with Crippen molar-refractivity contribution >= 4 is 22.6 Å². The first-order valence-corrected chi connectivity index (χ1v) is 13.2. The largest absolute Gasteiger partial charge is 0.0826 e. The van der Waals surface area contributed by atoms with Gasteiger partial charge in [-0.2, -0.15) is 0 Å². The average Bonchev–Trinajstić information content (AvgIpc) is 2.70. The molecule has 0 aromatic heterocycles. The van der Waals surface area contributed by atoms with Crippen LogP contribution in [0.3, 0.4) is 0 Å². The quantitative estimate of drug-likeness (QED) is 0.297. The summed E-state index contributed by atoms with van der Waals surface area (Å²) < 4.78 is 0.990. The van der Waals surface area contributed by atoms with Gasteiger partial charge in [0, 0.05) is 3.92 Å². The van der Waals surface area contributed by atoms with Crippen LogP contribution in [-0.4, -0.2) is 3.92 Å². The van der Waals surface area contributed by atoms with Crippen molar-refractivity contribution in [2.45, 2.75) is 113 Å². The lowest BCUT2D eigenvalue weighted by Crippen LogP contribution is -2.31. The van der Waals surface area contributed by atoms with E-state index in [1.165, 1.54) is 32.1 Å². The molecule has 0 spiro atoms. The number of hydrogen-bond donors (Lipinski definition) is 0. The summed E-state index contributed by atoms with van der Waals surface area (Å²) in [6.45, 7) is 0. The minimum absolute atomic E-state index is 0.990. The van der Waals surface area contributed by atoms with Gasteiger partial charge in [0.05, 0.1) is 0 Å². The van der Waals surface area contributed by atoms with Gasteiger partial charge >= 0.3 is 0 Å². The Labute approximate surface area is 170 Å². The first kappa shape index (κ1) is 19.1. The molecule has 0 saturated heterocycles. The van der Waals surface area contributed by atoms with Crippen molar-refractivity contribution in [3.8, 4) is 0 Å². The zero-order chi connectivity index (χ0) is 17.1. The summed E-state index contributed by atoms with van der Waals surface area (Å²) in [5, 5.41) is 0. The molecule has 0 aromatic rings. The monoisotopic (exact) mass is 456 g/mol. The summed E-state index contributed by atoms with van der Waals surface area (Å²) in [7, 11) is 0. The third-order valence-electron chi connectivity index (χ3n) is 8.98. The number of halogens is 1. The molecule has 0 bridgehead atoms. The maximum Gasteiger partial charge on any atom is 0.0110 e. The van der Waals surface area contributed by atoms with Crippen LogP contribution in [0.2, 0.25) is 0 Å². The van der Waals surface area contributed by atoms with E-state index in [4.69, 9.17) is 0 Å². The van der Waals surface area contributed by atoms with Gasteiger partial charge in [-0.1, -0.05) is 54.7 Å². The highest BCUT2D eigenvalue weighted by atomic mass is 127. The first-order chi connectivity index (χ1) is 12.3. The first-order valence-electron chi connectivity index (χ1n) is 11.9. The Morgan fingerprint density at radius 1 is 0.320 bits per heavy atom. The zero-order valence-corrected chi connectivity index (χ0v) is 18.6. The van der Waals surface area contributed by atoms with Crippen molar-refractivity contribution in [3.63, 3.8) is 0 Å². The van der Waals surface area contributed by atoms with Crippen LogP contribution in [0.25, 0.3) is 0 Å². The summed E-state index contributed by atoms with van der Waals surface area (Å²) in [5.41, 5.74) is 0. The molecule has 144 valence electrons. The lowest BCUT2D eigenvalue weighted by atomic mass is 9.64. The summed E-state index contributed by atoms with van der Waals surface area (Å²) in [6, 6.07) is 0. The molecule has 4 aliphatic carbocycles. The minimum Gasteiger partial charge on any atom is -0.0826 e. The lowest BCUT2D eigenvalue weighted by Gasteiger charge is -2.42. The number of hydrogen-bond acceptors (Lipinski definition) is 0. The Morgan fingerprint density at radius 2 is 0.600 bits per heavy atom. The Morgan fingerprint density at radius 3 is 0.960 bits per heavy atom. The van der Waals surface area contributed by atoms with Crippen LogP contribution in [0.4, 0.5) is 0 Å². The lowest BCUT2D eigenvalue weighted by molar-refractivity contribution is 0.0953. The molecule has 0 atom stereocenters. The number of alkyl halides is 1. The van der Waals surface area contributed by atoms with Crippen LogP contribution in [0.1, 0.15) is 109 Å². The maximum atomic E-state index is 2.69. The van der Waals surface area contributed by atoms with Crippen molar-refractivity contribution in [2.24, 2.45) is 35.5 Å². The fourth-order valence-electron chi connectivity index (χ4n) is 7.33. The zero-order valence-electron chi connectivity index (χ0n) is 16.4. The molecule has 25 heavy (non-hydrogen) atoms. The van der Waals surface area contributed by atoms with E-state index in [0.29, 0.717) is 0 Å². The topological polar surface area (TPSA) is 0 Å². The molecule has 0 nitrogen and oxygen atoms in total. The predicted octanol–water partition coefficient (Wildman–Crippen LogP) is 8.17. The highest BCUT2D eigenvalue weighted by Crippen LogP contribution is 2.47. The van der Waals surface area contributed by atoms with Gasteiger partial charge in [-0.25, -0.2) is 0 Å². The molecule has 0 radical (unpaired) electrons. The van der Waals surface area contributed by atoms with Gasteiger partial charge in [0.25, 0.3) is 0 Å². The smallest absolute Gasteiger partial charge is 0.0110 e. The average molecular weight is 456 g/mol. The molecule has 4 aliphatic rings. The highest BCUT2D eigenvalue weighted by molar-refractivity contribution is 14.1. The van der Waals surface area contributed by atoms with E-state index >= 15 is 0 Å². The second-order valence-corrected chi connectivity index (χ2v) is 12.0. The third kappa shape index (κ3) is 4.96. The molecule has 0 amide bonds. The molecule has 4 saturated carbocycles. The van der Waals surface area contributed by atoms with Crippen LogP contribution in [0, 0.1) is 35.5 Å². The van der Waals surface area contributed by atoms with Gasteiger partial charge in [0.2, 0.25) is 0 Å². The normalized spacial score (nSPS) is 44.5. The Balaban J connectivity index is 1.18. The maximum absolute atomic E-state index is 2.69. The van der Waals surface area contributed by atoms with Gasteiger partial charge in [-0.3, -0.25) is 0 Å². The molecule has 4 rings (SSSR count). The van der Waals surface area contributed by atoms with Crippen LogP contribution < -0.4 is 0 Å². The molecular formula is C24H41I. The van der Waals surface area contributed by atoms with E-state index in [9.17, 15) is 0 Å². The predicted molar refractivity (Wildman–Crippen MR) is 117 cm³/mol. The van der Waals surface area contributed by atoms with E-state index in [-0.39, 0.29) is 0 Å². The summed E-state index contributed by atoms with van der Waals surface area (Å²) in [5.74, 6) is 6.69. The van der Waals surface area contributed by atoms with Crippen LogP contribution in [-0.2, 0) is 0 Å². The fraction of sp³-hybridized carbons (Fsp3) is 1.00. The van der Waals surface area contributed by atoms with Crippen LogP contribution in [0.15, 0.2) is 0 Å². The minimum atomic E-state index is 0.990. The van der Waals surface area contributed by atoms with Crippen LogP contribution >= 0.6 is 22.6 Å². The number of rotatable bonds is 3. The second kappa shape index (κ2) is 9.28. The standard InChI is InChI=1S/C24H41I/c25-24-16-14-23(15-17-24)22-12-10-21(11-13-22)20-8-6-19(7-9-20)18-4-2-1-3-5-18/h18-24H,1-17H2. The molecular weight excluding hydrogens is 415 g/mol. The van der Waals surface area contributed by atoms with Crippen molar-refractivity contribution in [3.05, 3.63) is 0 Å². The van der Waals surface area contributed by atoms with Crippen molar-refractivity contribution in [2.75, 3.05) is 0 Å². The van der Waals surface area contributed by atoms with Gasteiger partial charge in [0.15, 0.2) is 0 Å². The Kier molecular flexibility index (Phi) is 7.08. The van der Waals surface area contributed by atoms with Gasteiger partial charge in [-0.05, 0) is 113 Å². The van der Waals surface area contributed by atoms with Gasteiger partial charge in [-0.15, -0.1) is 0 Å². The van der Waals surface area contributed by atoms with Crippen LogP contribution in [0.5, 0.6) is 0 Å². The van der Waals surface area contributed by atoms with Gasteiger partial charge in [0.1, 0.15) is 0 Å². The molecule has 1 heteroatoms. The molecule has 0 aliphatic heterocycles. The molecule has 0 unspecified atom stereocenters. The SMILES string of the molecule is IC1CCC(C2CCC(C3CCC(C4CCCCC4)CC3)CC2)CC1. The molecule has 0 heterocycles. The van der Waals surface area contributed by atoms with E-state index < -0.39 is 0 Å². The molecule has 4 fully saturated rings. The second-order valence-electron chi connectivity index (χ2n) is 10.3. The fourth-order valence-corrected chi connectivity index (χ4v) is 8.05. The van der Waals surface area contributed by atoms with E-state index in [1.54, 1.807) is 77.0 Å². The Bertz CT molecular complexity index is 375.